The maximum atomic E-state index is 11.7. The summed E-state index contributed by atoms with van der Waals surface area (Å²) in [5, 5.41) is 3.19. The lowest BCUT2D eigenvalue weighted by atomic mass is 10.2. The largest absolute Gasteiger partial charge is 0.380 e. The van der Waals surface area contributed by atoms with E-state index in [1.807, 2.05) is 6.92 Å². The highest BCUT2D eigenvalue weighted by molar-refractivity contribution is 6.05. The Labute approximate surface area is 88.8 Å². The van der Waals surface area contributed by atoms with Gasteiger partial charge in [0.15, 0.2) is 0 Å². The summed E-state index contributed by atoms with van der Waals surface area (Å²) in [5.41, 5.74) is 0. The highest BCUT2D eigenvalue weighted by Gasteiger charge is 2.38. The Morgan fingerprint density at radius 2 is 2.33 bits per heavy atom. The molecule has 2 aliphatic heterocycles. The van der Waals surface area contributed by atoms with E-state index in [-0.39, 0.29) is 23.9 Å². The number of carbonyl (C=O) groups is 2. The average molecular weight is 212 g/mol. The molecule has 0 aromatic heterocycles. The number of likely N-dealkylation sites (N-methyl/N-ethyl adjacent to an activating group) is 1. The third-order valence-corrected chi connectivity index (χ3v) is 2.93. The summed E-state index contributed by atoms with van der Waals surface area (Å²) in [6, 6.07) is -0.104. The first-order valence-corrected chi connectivity index (χ1v) is 5.40. The van der Waals surface area contributed by atoms with E-state index in [0.29, 0.717) is 19.6 Å². The molecule has 2 heterocycles. The van der Waals surface area contributed by atoms with Crippen LogP contribution in [0.4, 0.5) is 0 Å². The van der Waals surface area contributed by atoms with E-state index in [1.165, 1.54) is 4.90 Å². The fourth-order valence-corrected chi connectivity index (χ4v) is 2.10. The van der Waals surface area contributed by atoms with Gasteiger partial charge in [-0.1, -0.05) is 0 Å². The van der Waals surface area contributed by atoms with Gasteiger partial charge in [-0.15, -0.1) is 0 Å². The number of ether oxygens (including phenoxy) is 1. The molecule has 0 radical (unpaired) electrons. The number of carbonyl (C=O) groups excluding carboxylic acids is 2. The van der Waals surface area contributed by atoms with Crippen LogP contribution in [0.15, 0.2) is 0 Å². The number of imide groups is 1. The first kappa shape index (κ1) is 10.6. The zero-order valence-electron chi connectivity index (χ0n) is 8.86. The first-order chi connectivity index (χ1) is 7.22. The van der Waals surface area contributed by atoms with E-state index in [2.05, 4.69) is 5.32 Å². The summed E-state index contributed by atoms with van der Waals surface area (Å²) in [6.45, 7) is 3.67. The summed E-state index contributed by atoms with van der Waals surface area (Å²) < 4.78 is 5.21. The second-order valence-electron chi connectivity index (χ2n) is 3.96. The third kappa shape index (κ3) is 2.03. The molecular formula is C10H16N2O3. The molecule has 15 heavy (non-hydrogen) atoms. The molecule has 5 heteroatoms. The van der Waals surface area contributed by atoms with Gasteiger partial charge in [-0.2, -0.15) is 0 Å². The number of hydrogen-bond acceptors (Lipinski definition) is 4. The normalized spacial score (nSPS) is 31.7. The van der Waals surface area contributed by atoms with E-state index >= 15 is 0 Å². The van der Waals surface area contributed by atoms with Crippen molar-refractivity contribution in [1.29, 1.82) is 0 Å². The Kier molecular flexibility index (Phi) is 3.02. The fourth-order valence-electron chi connectivity index (χ4n) is 2.10. The van der Waals surface area contributed by atoms with Crippen molar-refractivity contribution in [3.8, 4) is 0 Å². The molecule has 2 rings (SSSR count). The van der Waals surface area contributed by atoms with Gasteiger partial charge in [0.05, 0.1) is 19.1 Å². The van der Waals surface area contributed by atoms with Crippen molar-refractivity contribution in [1.82, 2.24) is 10.2 Å². The SMILES string of the molecule is CCN1C(=O)CC(NC2CCOC2)C1=O. The lowest BCUT2D eigenvalue weighted by Crippen LogP contribution is -2.44. The third-order valence-electron chi connectivity index (χ3n) is 2.93. The van der Waals surface area contributed by atoms with E-state index in [4.69, 9.17) is 4.74 Å². The first-order valence-electron chi connectivity index (χ1n) is 5.40. The Bertz CT molecular complexity index is 274. The van der Waals surface area contributed by atoms with Crippen LogP contribution in [0.5, 0.6) is 0 Å². The smallest absolute Gasteiger partial charge is 0.246 e. The zero-order valence-corrected chi connectivity index (χ0v) is 8.86. The van der Waals surface area contributed by atoms with Gasteiger partial charge in [0.1, 0.15) is 0 Å². The molecule has 2 atom stereocenters. The zero-order chi connectivity index (χ0) is 10.8. The van der Waals surface area contributed by atoms with Crippen LogP contribution in [0.2, 0.25) is 0 Å². The Morgan fingerprint density at radius 3 is 2.87 bits per heavy atom. The maximum absolute atomic E-state index is 11.7. The molecule has 2 saturated heterocycles. The molecule has 5 nitrogen and oxygen atoms in total. The Hall–Kier alpha value is -0.940. The van der Waals surface area contributed by atoms with Crippen LogP contribution < -0.4 is 5.32 Å². The number of rotatable bonds is 3. The van der Waals surface area contributed by atoms with Crippen LogP contribution in [0.25, 0.3) is 0 Å². The minimum absolute atomic E-state index is 0.0704. The van der Waals surface area contributed by atoms with Gasteiger partial charge in [-0.05, 0) is 13.3 Å². The number of likely N-dealkylation sites (tertiary alicyclic amines) is 1. The van der Waals surface area contributed by atoms with Crippen molar-refractivity contribution in [2.24, 2.45) is 0 Å². The number of amides is 2. The monoisotopic (exact) mass is 212 g/mol. The van der Waals surface area contributed by atoms with Crippen LogP contribution in [0, 0.1) is 0 Å². The number of hydrogen-bond donors (Lipinski definition) is 1. The van der Waals surface area contributed by atoms with Crippen molar-refractivity contribution in [2.75, 3.05) is 19.8 Å². The molecule has 84 valence electrons. The molecule has 0 spiro atoms. The van der Waals surface area contributed by atoms with E-state index in [1.54, 1.807) is 0 Å². The van der Waals surface area contributed by atoms with E-state index < -0.39 is 0 Å². The molecule has 0 aromatic rings. The van der Waals surface area contributed by atoms with Gasteiger partial charge in [0.25, 0.3) is 0 Å². The van der Waals surface area contributed by atoms with Gasteiger partial charge in [0.2, 0.25) is 11.8 Å². The van der Waals surface area contributed by atoms with Gasteiger partial charge in [-0.25, -0.2) is 0 Å². The maximum Gasteiger partial charge on any atom is 0.246 e. The fraction of sp³-hybridized carbons (Fsp3) is 0.800. The molecule has 0 bridgehead atoms. The quantitative estimate of drug-likeness (QED) is 0.641. The minimum Gasteiger partial charge on any atom is -0.380 e. The van der Waals surface area contributed by atoms with Crippen LogP contribution >= 0.6 is 0 Å². The predicted octanol–water partition coefficient (Wildman–Crippen LogP) is -0.488. The van der Waals surface area contributed by atoms with Crippen LogP contribution in [-0.2, 0) is 14.3 Å². The summed E-state index contributed by atoms with van der Waals surface area (Å²) in [7, 11) is 0. The lowest BCUT2D eigenvalue weighted by molar-refractivity contribution is -0.138. The number of nitrogens with zero attached hydrogens (tertiary/aromatic N) is 1. The second-order valence-corrected chi connectivity index (χ2v) is 3.96. The van der Waals surface area contributed by atoms with Crippen LogP contribution in [-0.4, -0.2) is 48.6 Å². The molecule has 0 aromatic carbocycles. The number of nitrogens with one attached hydrogen (secondary N) is 1. The molecule has 1 N–H and O–H groups in total. The topological polar surface area (TPSA) is 58.6 Å². The Morgan fingerprint density at radius 1 is 1.53 bits per heavy atom. The molecule has 2 fully saturated rings. The highest BCUT2D eigenvalue weighted by Crippen LogP contribution is 2.15. The van der Waals surface area contributed by atoms with Gasteiger partial charge < -0.3 is 10.1 Å². The van der Waals surface area contributed by atoms with Gasteiger partial charge >= 0.3 is 0 Å². The van der Waals surface area contributed by atoms with Crippen molar-refractivity contribution in [3.05, 3.63) is 0 Å². The lowest BCUT2D eigenvalue weighted by Gasteiger charge is -2.16. The average Bonchev–Trinajstić information content (AvgIpc) is 2.78. The molecule has 2 unspecified atom stereocenters. The van der Waals surface area contributed by atoms with Crippen molar-refractivity contribution in [3.63, 3.8) is 0 Å². The van der Waals surface area contributed by atoms with E-state index in [0.717, 1.165) is 13.0 Å². The molecule has 0 saturated carbocycles. The molecule has 2 amide bonds. The summed E-state index contributed by atoms with van der Waals surface area (Å²) in [5.74, 6) is -0.159. The van der Waals surface area contributed by atoms with Crippen LogP contribution in [0.3, 0.4) is 0 Å². The Balaban J connectivity index is 1.93. The van der Waals surface area contributed by atoms with Crippen molar-refractivity contribution < 1.29 is 14.3 Å². The second kappa shape index (κ2) is 4.28. The standard InChI is InChI=1S/C10H16N2O3/c1-2-12-9(13)5-8(10(12)14)11-7-3-4-15-6-7/h7-8,11H,2-6H2,1H3. The van der Waals surface area contributed by atoms with Crippen LogP contribution in [0.1, 0.15) is 19.8 Å². The minimum atomic E-state index is -0.329. The molecule has 2 aliphatic rings. The van der Waals surface area contributed by atoms with Gasteiger partial charge in [0, 0.05) is 19.2 Å². The van der Waals surface area contributed by atoms with Crippen molar-refractivity contribution in [2.45, 2.75) is 31.8 Å². The summed E-state index contributed by atoms with van der Waals surface area (Å²) in [6.07, 6.45) is 1.22. The highest BCUT2D eigenvalue weighted by atomic mass is 16.5. The predicted molar refractivity (Wildman–Crippen MR) is 53.2 cm³/mol. The van der Waals surface area contributed by atoms with E-state index in [9.17, 15) is 9.59 Å². The molecular weight excluding hydrogens is 196 g/mol. The summed E-state index contributed by atoms with van der Waals surface area (Å²) >= 11 is 0. The van der Waals surface area contributed by atoms with Crippen molar-refractivity contribution >= 4 is 11.8 Å². The summed E-state index contributed by atoms with van der Waals surface area (Å²) in [4.78, 5) is 24.5. The molecule has 0 aliphatic carbocycles. The van der Waals surface area contributed by atoms with Gasteiger partial charge in [-0.3, -0.25) is 14.5 Å².